The molecule has 1 fully saturated rings. The van der Waals surface area contributed by atoms with Crippen LogP contribution in [0.15, 0.2) is 29.3 Å². The number of aliphatic imine (C=N–C) groups is 1. The highest BCUT2D eigenvalue weighted by Gasteiger charge is 2.14. The molecular formula is C19H31N3O2. The van der Waals surface area contributed by atoms with Crippen LogP contribution in [0.1, 0.15) is 44.7 Å². The van der Waals surface area contributed by atoms with E-state index < -0.39 is 0 Å². The van der Waals surface area contributed by atoms with Gasteiger partial charge in [-0.3, -0.25) is 4.99 Å². The zero-order chi connectivity index (χ0) is 17.4. The Morgan fingerprint density at radius 1 is 1.17 bits per heavy atom. The molecule has 0 spiro atoms. The van der Waals surface area contributed by atoms with E-state index in [1.807, 2.05) is 0 Å². The lowest BCUT2D eigenvalue weighted by Gasteiger charge is -2.24. The molecule has 134 valence electrons. The van der Waals surface area contributed by atoms with E-state index in [-0.39, 0.29) is 5.54 Å². The predicted molar refractivity (Wildman–Crippen MR) is 98.2 cm³/mol. The van der Waals surface area contributed by atoms with Gasteiger partial charge in [0, 0.05) is 32.3 Å². The highest BCUT2D eigenvalue weighted by atomic mass is 16.5. The number of nitrogens with one attached hydrogen (secondary N) is 2. The van der Waals surface area contributed by atoms with Crippen molar-refractivity contribution in [2.75, 3.05) is 20.3 Å². The van der Waals surface area contributed by atoms with Gasteiger partial charge in [0.25, 0.3) is 0 Å². The fraction of sp³-hybridized carbons (Fsp3) is 0.632. The van der Waals surface area contributed by atoms with Crippen LogP contribution in [0.4, 0.5) is 0 Å². The molecular weight excluding hydrogens is 302 g/mol. The van der Waals surface area contributed by atoms with Crippen LogP contribution in [0.5, 0.6) is 0 Å². The summed E-state index contributed by atoms with van der Waals surface area (Å²) in [5.74, 6) is 0.814. The van der Waals surface area contributed by atoms with Crippen molar-refractivity contribution in [1.82, 2.24) is 10.6 Å². The molecule has 2 N–H and O–H groups in total. The second-order valence-corrected chi connectivity index (χ2v) is 7.24. The van der Waals surface area contributed by atoms with E-state index in [4.69, 9.17) is 9.47 Å². The summed E-state index contributed by atoms with van der Waals surface area (Å²) in [5, 5.41) is 6.69. The summed E-state index contributed by atoms with van der Waals surface area (Å²) in [6, 6.07) is 8.55. The first-order valence-electron chi connectivity index (χ1n) is 8.72. The second-order valence-electron chi connectivity index (χ2n) is 7.24. The van der Waals surface area contributed by atoms with Crippen LogP contribution in [0.25, 0.3) is 0 Å². The number of hydrogen-bond acceptors (Lipinski definition) is 3. The Bertz CT molecular complexity index is 514. The molecule has 1 aromatic carbocycles. The van der Waals surface area contributed by atoms with Crippen molar-refractivity contribution >= 4 is 5.96 Å². The minimum absolute atomic E-state index is 0.00675. The van der Waals surface area contributed by atoms with Crippen LogP contribution in [-0.4, -0.2) is 37.9 Å². The largest absolute Gasteiger partial charge is 0.381 e. The Labute approximate surface area is 145 Å². The van der Waals surface area contributed by atoms with Gasteiger partial charge in [-0.15, -0.1) is 0 Å². The minimum Gasteiger partial charge on any atom is -0.381 e. The Morgan fingerprint density at radius 3 is 2.38 bits per heavy atom. The van der Waals surface area contributed by atoms with Crippen molar-refractivity contribution in [2.45, 2.75) is 58.4 Å². The summed E-state index contributed by atoms with van der Waals surface area (Å²) < 4.78 is 11.3. The van der Waals surface area contributed by atoms with Gasteiger partial charge in [-0.1, -0.05) is 24.3 Å². The number of rotatable bonds is 5. The number of guanidine groups is 1. The third kappa shape index (κ3) is 6.89. The van der Waals surface area contributed by atoms with Crippen LogP contribution >= 0.6 is 0 Å². The predicted octanol–water partition coefficient (Wildman–Crippen LogP) is 2.85. The van der Waals surface area contributed by atoms with E-state index in [1.54, 1.807) is 7.05 Å². The standard InChI is InChI=1S/C19H31N3O2/c1-19(2,3)22-18(20-4)21-13-15-5-7-16(8-6-15)14-24-17-9-11-23-12-10-17/h5-8,17H,9-14H2,1-4H3,(H2,20,21,22). The molecule has 0 saturated carbocycles. The fourth-order valence-electron chi connectivity index (χ4n) is 2.53. The van der Waals surface area contributed by atoms with E-state index in [0.717, 1.165) is 38.6 Å². The van der Waals surface area contributed by atoms with E-state index in [9.17, 15) is 0 Å². The molecule has 0 radical (unpaired) electrons. The van der Waals surface area contributed by atoms with Crippen molar-refractivity contribution in [3.05, 3.63) is 35.4 Å². The SMILES string of the molecule is CN=C(NCc1ccc(COC2CCOCC2)cc1)NC(C)(C)C. The molecule has 0 atom stereocenters. The topological polar surface area (TPSA) is 54.9 Å². The lowest BCUT2D eigenvalue weighted by atomic mass is 10.1. The highest BCUT2D eigenvalue weighted by molar-refractivity contribution is 5.80. The number of nitrogens with zero attached hydrogens (tertiary/aromatic N) is 1. The second kappa shape index (κ2) is 9.04. The lowest BCUT2D eigenvalue weighted by molar-refractivity contribution is -0.0390. The maximum Gasteiger partial charge on any atom is 0.191 e. The zero-order valence-electron chi connectivity index (χ0n) is 15.4. The molecule has 5 nitrogen and oxygen atoms in total. The van der Waals surface area contributed by atoms with Gasteiger partial charge in [-0.25, -0.2) is 0 Å². The smallest absolute Gasteiger partial charge is 0.191 e. The number of benzene rings is 1. The quantitative estimate of drug-likeness (QED) is 0.643. The summed E-state index contributed by atoms with van der Waals surface area (Å²) in [4.78, 5) is 4.25. The van der Waals surface area contributed by atoms with Crippen LogP contribution in [0.2, 0.25) is 0 Å². The molecule has 0 aliphatic carbocycles. The summed E-state index contributed by atoms with van der Waals surface area (Å²) in [5.41, 5.74) is 2.43. The average molecular weight is 333 g/mol. The molecule has 0 amide bonds. The molecule has 2 rings (SSSR count). The Morgan fingerprint density at radius 2 is 1.79 bits per heavy atom. The third-order valence-electron chi connectivity index (χ3n) is 3.85. The Balaban J connectivity index is 1.76. The molecule has 1 heterocycles. The maximum atomic E-state index is 5.95. The third-order valence-corrected chi connectivity index (χ3v) is 3.85. The van der Waals surface area contributed by atoms with Gasteiger partial charge in [0.05, 0.1) is 12.7 Å². The highest BCUT2D eigenvalue weighted by Crippen LogP contribution is 2.14. The van der Waals surface area contributed by atoms with Gasteiger partial charge in [-0.2, -0.15) is 0 Å². The van der Waals surface area contributed by atoms with E-state index in [2.05, 4.69) is 60.7 Å². The van der Waals surface area contributed by atoms with Gasteiger partial charge >= 0.3 is 0 Å². The summed E-state index contributed by atoms with van der Waals surface area (Å²) >= 11 is 0. The van der Waals surface area contributed by atoms with Gasteiger partial charge < -0.3 is 20.1 Å². The first-order chi connectivity index (χ1) is 11.5. The molecule has 1 aliphatic rings. The van der Waals surface area contributed by atoms with E-state index >= 15 is 0 Å². The van der Waals surface area contributed by atoms with Crippen molar-refractivity contribution in [1.29, 1.82) is 0 Å². The molecule has 5 heteroatoms. The molecule has 1 aliphatic heterocycles. The Hall–Kier alpha value is -1.59. The van der Waals surface area contributed by atoms with Crippen molar-refractivity contribution < 1.29 is 9.47 Å². The van der Waals surface area contributed by atoms with Crippen molar-refractivity contribution in [3.8, 4) is 0 Å². The molecule has 1 saturated heterocycles. The van der Waals surface area contributed by atoms with Crippen molar-refractivity contribution in [2.24, 2.45) is 4.99 Å². The van der Waals surface area contributed by atoms with Crippen LogP contribution < -0.4 is 10.6 Å². The number of hydrogen-bond donors (Lipinski definition) is 2. The zero-order valence-corrected chi connectivity index (χ0v) is 15.4. The fourth-order valence-corrected chi connectivity index (χ4v) is 2.53. The molecule has 0 aromatic heterocycles. The van der Waals surface area contributed by atoms with Gasteiger partial charge in [0.1, 0.15) is 0 Å². The molecule has 0 bridgehead atoms. The number of ether oxygens (including phenoxy) is 2. The van der Waals surface area contributed by atoms with Crippen LogP contribution in [0, 0.1) is 0 Å². The monoisotopic (exact) mass is 333 g/mol. The molecule has 0 unspecified atom stereocenters. The first-order valence-corrected chi connectivity index (χ1v) is 8.72. The molecule has 24 heavy (non-hydrogen) atoms. The summed E-state index contributed by atoms with van der Waals surface area (Å²) in [7, 11) is 1.79. The Kier molecular flexibility index (Phi) is 7.06. The summed E-state index contributed by atoms with van der Waals surface area (Å²) in [6.45, 7) is 9.41. The average Bonchev–Trinajstić information content (AvgIpc) is 2.57. The van der Waals surface area contributed by atoms with Gasteiger partial charge in [0.2, 0.25) is 0 Å². The maximum absolute atomic E-state index is 5.95. The van der Waals surface area contributed by atoms with Crippen molar-refractivity contribution in [3.63, 3.8) is 0 Å². The van der Waals surface area contributed by atoms with Crippen LogP contribution in [-0.2, 0) is 22.6 Å². The van der Waals surface area contributed by atoms with Crippen LogP contribution in [0.3, 0.4) is 0 Å². The summed E-state index contributed by atoms with van der Waals surface area (Å²) in [6.07, 6.45) is 2.34. The minimum atomic E-state index is -0.00675. The van der Waals surface area contributed by atoms with E-state index in [0.29, 0.717) is 12.7 Å². The lowest BCUT2D eigenvalue weighted by Crippen LogP contribution is -2.47. The first kappa shape index (κ1) is 18.7. The van der Waals surface area contributed by atoms with Gasteiger partial charge in [-0.05, 0) is 44.7 Å². The normalized spacial score (nSPS) is 16.9. The molecule has 1 aromatic rings. The van der Waals surface area contributed by atoms with Gasteiger partial charge in [0.15, 0.2) is 5.96 Å². The van der Waals surface area contributed by atoms with E-state index in [1.165, 1.54) is 11.1 Å².